The SMILES string of the molecule is CC(C)(c1ccccc1)C(Oc1ccccc1)(C(=O)O)C(C)(C)c1ccccc1.O.O.O.O.[Ti]. The van der Waals surface area contributed by atoms with Crippen molar-refractivity contribution in [3.63, 3.8) is 0 Å². The van der Waals surface area contributed by atoms with Gasteiger partial charge in [-0.15, -0.1) is 0 Å². The molecular weight excluding hydrogens is 472 g/mol. The molecule has 0 bridgehead atoms. The fourth-order valence-electron chi connectivity index (χ4n) is 4.40. The molecule has 0 aliphatic rings. The molecule has 0 unspecified atom stereocenters. The fourth-order valence-corrected chi connectivity index (χ4v) is 4.40. The second-order valence-corrected chi connectivity index (χ2v) is 8.38. The maximum Gasteiger partial charge on any atom is 0.349 e. The van der Waals surface area contributed by atoms with Gasteiger partial charge in [-0.1, -0.05) is 107 Å². The van der Waals surface area contributed by atoms with Crippen molar-refractivity contribution in [3.05, 3.63) is 102 Å². The van der Waals surface area contributed by atoms with Crippen molar-refractivity contribution in [2.45, 2.75) is 44.1 Å². The molecule has 0 atom stereocenters. The third-order valence-corrected chi connectivity index (χ3v) is 6.07. The summed E-state index contributed by atoms with van der Waals surface area (Å²) >= 11 is 0. The van der Waals surface area contributed by atoms with Crippen LogP contribution in [0.3, 0.4) is 0 Å². The van der Waals surface area contributed by atoms with Crippen LogP contribution in [0.4, 0.5) is 0 Å². The largest absolute Gasteiger partial charge is 0.478 e. The van der Waals surface area contributed by atoms with E-state index in [1.165, 1.54) is 0 Å². The van der Waals surface area contributed by atoms with Crippen LogP contribution in [0.15, 0.2) is 91.0 Å². The molecule has 3 aromatic carbocycles. The third kappa shape index (κ3) is 6.13. The van der Waals surface area contributed by atoms with Crippen LogP contribution in [-0.4, -0.2) is 38.6 Å². The molecule has 34 heavy (non-hydrogen) atoms. The summed E-state index contributed by atoms with van der Waals surface area (Å²) in [6.45, 7) is 7.79. The van der Waals surface area contributed by atoms with Crippen LogP contribution in [0, 0.1) is 0 Å². The molecule has 0 radical (unpaired) electrons. The second-order valence-electron chi connectivity index (χ2n) is 8.38. The predicted molar refractivity (Wildman–Crippen MR) is 131 cm³/mol. The molecule has 3 rings (SSSR count). The Kier molecular flexibility index (Phi) is 14.9. The number of hydrogen-bond donors (Lipinski definition) is 1. The van der Waals surface area contributed by atoms with E-state index in [1.54, 1.807) is 12.1 Å². The van der Waals surface area contributed by atoms with Gasteiger partial charge in [0.2, 0.25) is 5.60 Å². The van der Waals surface area contributed by atoms with Crippen LogP contribution in [0.2, 0.25) is 0 Å². The minimum Gasteiger partial charge on any atom is -0.478 e. The van der Waals surface area contributed by atoms with Crippen LogP contribution in [-0.2, 0) is 37.3 Å². The van der Waals surface area contributed by atoms with Gasteiger partial charge >= 0.3 is 5.97 Å². The van der Waals surface area contributed by atoms with E-state index in [1.807, 2.05) is 107 Å². The molecule has 9 N–H and O–H groups in total. The summed E-state index contributed by atoms with van der Waals surface area (Å²) in [5.74, 6) is -0.466. The molecule has 0 spiro atoms. The van der Waals surface area contributed by atoms with Crippen LogP contribution in [0.1, 0.15) is 38.8 Å². The number of carboxylic acids is 1. The van der Waals surface area contributed by atoms with Gasteiger partial charge in [-0.3, -0.25) is 0 Å². The van der Waals surface area contributed by atoms with E-state index in [-0.39, 0.29) is 43.6 Å². The van der Waals surface area contributed by atoms with Gasteiger partial charge in [0.05, 0.1) is 0 Å². The molecule has 0 saturated carbocycles. The Bertz CT molecular complexity index is 911. The topological polar surface area (TPSA) is 173 Å². The quantitative estimate of drug-likeness (QED) is 0.484. The van der Waals surface area contributed by atoms with Crippen molar-refractivity contribution >= 4 is 5.97 Å². The van der Waals surface area contributed by atoms with Crippen molar-refractivity contribution in [2.75, 3.05) is 0 Å². The monoisotopic (exact) mass is 508 g/mol. The predicted octanol–water partition coefficient (Wildman–Crippen LogP) is 2.54. The zero-order chi connectivity index (χ0) is 21.1. The molecule has 3 aromatic rings. The van der Waals surface area contributed by atoms with E-state index in [0.29, 0.717) is 5.75 Å². The molecule has 0 aromatic heterocycles. The fraction of sp³-hybridized carbons (Fsp3) is 0.269. The summed E-state index contributed by atoms with van der Waals surface area (Å²) in [6.07, 6.45) is 0. The summed E-state index contributed by atoms with van der Waals surface area (Å²) in [7, 11) is 0. The Morgan fingerprint density at radius 3 is 1.21 bits per heavy atom. The summed E-state index contributed by atoms with van der Waals surface area (Å²) in [4.78, 5) is 13.1. The minimum absolute atomic E-state index is 0. The third-order valence-electron chi connectivity index (χ3n) is 6.07. The van der Waals surface area contributed by atoms with E-state index in [9.17, 15) is 9.90 Å². The molecular formula is C26H36O7Ti. The standard InChI is InChI=1S/C26H28O3.4H2O.Ti/c1-24(2,20-14-8-5-9-15-20)26(23(27)28,29-22-18-12-7-13-19-22)25(3,4)21-16-10-6-11-17-21;;;;;/h5-19H,1-4H3,(H,27,28);4*1H2;. The van der Waals surface area contributed by atoms with E-state index in [4.69, 9.17) is 4.74 Å². The van der Waals surface area contributed by atoms with E-state index in [0.717, 1.165) is 11.1 Å². The Morgan fingerprint density at radius 2 is 0.912 bits per heavy atom. The maximum absolute atomic E-state index is 13.1. The number of para-hydroxylation sites is 1. The molecule has 0 fully saturated rings. The Morgan fingerprint density at radius 1 is 0.618 bits per heavy atom. The first-order chi connectivity index (χ1) is 13.7. The van der Waals surface area contributed by atoms with Gasteiger partial charge in [-0.2, -0.15) is 0 Å². The number of rotatable bonds is 7. The van der Waals surface area contributed by atoms with E-state index in [2.05, 4.69) is 0 Å². The zero-order valence-electron chi connectivity index (χ0n) is 19.9. The van der Waals surface area contributed by atoms with E-state index < -0.39 is 22.4 Å². The van der Waals surface area contributed by atoms with Crippen LogP contribution in [0.25, 0.3) is 0 Å². The van der Waals surface area contributed by atoms with Crippen LogP contribution in [0.5, 0.6) is 5.75 Å². The van der Waals surface area contributed by atoms with Gasteiger partial charge in [-0.25, -0.2) is 4.79 Å². The van der Waals surface area contributed by atoms with Gasteiger partial charge < -0.3 is 31.7 Å². The zero-order valence-corrected chi connectivity index (χ0v) is 21.5. The number of carbonyl (C=O) groups is 1. The van der Waals surface area contributed by atoms with Crippen LogP contribution >= 0.6 is 0 Å². The van der Waals surface area contributed by atoms with Crippen molar-refractivity contribution in [1.29, 1.82) is 0 Å². The summed E-state index contributed by atoms with van der Waals surface area (Å²) in [6, 6.07) is 28.7. The molecule has 0 saturated heterocycles. The smallest absolute Gasteiger partial charge is 0.349 e. The van der Waals surface area contributed by atoms with Crippen molar-refractivity contribution in [2.24, 2.45) is 0 Å². The molecule has 0 amide bonds. The maximum atomic E-state index is 13.1. The summed E-state index contributed by atoms with van der Waals surface area (Å²) in [5.41, 5.74) is -1.47. The molecule has 0 heterocycles. The molecule has 8 heteroatoms. The van der Waals surface area contributed by atoms with Gasteiger partial charge in [0.15, 0.2) is 0 Å². The van der Waals surface area contributed by atoms with Crippen molar-refractivity contribution < 1.29 is 58.3 Å². The molecule has 0 aliphatic carbocycles. The first-order valence-electron chi connectivity index (χ1n) is 9.82. The molecule has 0 aliphatic heterocycles. The van der Waals surface area contributed by atoms with E-state index >= 15 is 0 Å². The Labute approximate surface area is 215 Å². The normalized spacial score (nSPS) is 10.6. The van der Waals surface area contributed by atoms with Gasteiger partial charge in [0, 0.05) is 32.5 Å². The number of hydrogen-bond acceptors (Lipinski definition) is 2. The summed E-state index contributed by atoms with van der Waals surface area (Å²) in [5, 5.41) is 10.8. The first kappa shape index (κ1) is 36.1. The number of aliphatic carboxylic acids is 1. The number of ether oxygens (including phenoxy) is 1. The van der Waals surface area contributed by atoms with Gasteiger partial charge in [0.25, 0.3) is 0 Å². The second kappa shape index (κ2) is 14.0. The number of carboxylic acid groups (broad SMARTS) is 1. The minimum atomic E-state index is -1.58. The Hall–Kier alpha value is -2.52. The Balaban J connectivity index is -0.00000192. The summed E-state index contributed by atoms with van der Waals surface area (Å²) < 4.78 is 6.50. The number of benzene rings is 3. The average molecular weight is 508 g/mol. The average Bonchev–Trinajstić information content (AvgIpc) is 2.73. The van der Waals surface area contributed by atoms with Gasteiger partial charge in [-0.05, 0) is 23.3 Å². The van der Waals surface area contributed by atoms with Crippen LogP contribution < -0.4 is 4.74 Å². The van der Waals surface area contributed by atoms with Crippen molar-refractivity contribution in [3.8, 4) is 5.75 Å². The molecule has 186 valence electrons. The van der Waals surface area contributed by atoms with Crippen molar-refractivity contribution in [1.82, 2.24) is 0 Å². The first-order valence-corrected chi connectivity index (χ1v) is 9.82. The molecule has 7 nitrogen and oxygen atoms in total. The van der Waals surface area contributed by atoms with Gasteiger partial charge in [0.1, 0.15) is 5.75 Å².